The van der Waals surface area contributed by atoms with E-state index in [4.69, 9.17) is 14.2 Å². The Morgan fingerprint density at radius 3 is 1.88 bits per heavy atom. The maximum atomic E-state index is 12.3. The molecule has 0 fully saturated rings. The molecule has 0 saturated heterocycles. The number of hydrogen-bond acceptors (Lipinski definition) is 5. The van der Waals surface area contributed by atoms with E-state index < -0.39 is 11.6 Å². The van der Waals surface area contributed by atoms with Gasteiger partial charge in [0, 0.05) is 13.0 Å². The van der Waals surface area contributed by atoms with Gasteiger partial charge in [0.15, 0.2) is 6.61 Å². The summed E-state index contributed by atoms with van der Waals surface area (Å²) >= 11 is 0. The SMILES string of the molecule is CC[C@@](Cc1ccc(OCC(=O)NCCc2ccc(Oc3ccccc3)cc2)cc1)(Oc1ccccc1)C(=O)O. The van der Waals surface area contributed by atoms with E-state index in [0.29, 0.717) is 30.9 Å². The van der Waals surface area contributed by atoms with Crippen LogP contribution in [0.5, 0.6) is 23.0 Å². The van der Waals surface area contributed by atoms with Crippen molar-refractivity contribution in [2.45, 2.75) is 31.8 Å². The maximum Gasteiger partial charge on any atom is 0.348 e. The zero-order valence-electron chi connectivity index (χ0n) is 22.4. The predicted molar refractivity (Wildman–Crippen MR) is 153 cm³/mol. The molecule has 0 spiro atoms. The number of carboxylic acids is 1. The minimum atomic E-state index is -1.39. The van der Waals surface area contributed by atoms with Crippen LogP contribution in [0.3, 0.4) is 0 Å². The minimum Gasteiger partial charge on any atom is -0.484 e. The number of amides is 1. The van der Waals surface area contributed by atoms with Crippen LogP contribution in [0.15, 0.2) is 109 Å². The lowest BCUT2D eigenvalue weighted by atomic mass is 9.91. The third-order valence-corrected chi connectivity index (χ3v) is 6.44. The fourth-order valence-corrected chi connectivity index (χ4v) is 4.15. The van der Waals surface area contributed by atoms with E-state index in [-0.39, 0.29) is 18.9 Å². The fraction of sp³-hybridized carbons (Fsp3) is 0.212. The molecule has 4 aromatic rings. The molecule has 7 nitrogen and oxygen atoms in total. The number of benzene rings is 4. The topological polar surface area (TPSA) is 94.1 Å². The van der Waals surface area contributed by atoms with Gasteiger partial charge in [-0.3, -0.25) is 4.79 Å². The highest BCUT2D eigenvalue weighted by molar-refractivity contribution is 5.78. The van der Waals surface area contributed by atoms with Gasteiger partial charge in [0.2, 0.25) is 5.60 Å². The van der Waals surface area contributed by atoms with E-state index in [9.17, 15) is 14.7 Å². The molecule has 0 aliphatic carbocycles. The van der Waals surface area contributed by atoms with Crippen LogP contribution in [0.4, 0.5) is 0 Å². The summed E-state index contributed by atoms with van der Waals surface area (Å²) in [6.45, 7) is 2.16. The Morgan fingerprint density at radius 1 is 0.725 bits per heavy atom. The van der Waals surface area contributed by atoms with Gasteiger partial charge in [-0.2, -0.15) is 0 Å². The Labute approximate surface area is 234 Å². The summed E-state index contributed by atoms with van der Waals surface area (Å²) in [5.74, 6) is 1.32. The summed E-state index contributed by atoms with van der Waals surface area (Å²) in [4.78, 5) is 24.4. The third-order valence-electron chi connectivity index (χ3n) is 6.44. The van der Waals surface area contributed by atoms with Crippen LogP contribution in [0, 0.1) is 0 Å². The van der Waals surface area contributed by atoms with Crippen molar-refractivity contribution in [2.75, 3.05) is 13.2 Å². The van der Waals surface area contributed by atoms with Gasteiger partial charge in [0.05, 0.1) is 0 Å². The second-order valence-electron chi connectivity index (χ2n) is 9.34. The predicted octanol–water partition coefficient (Wildman–Crippen LogP) is 6.07. The van der Waals surface area contributed by atoms with E-state index >= 15 is 0 Å². The highest BCUT2D eigenvalue weighted by Gasteiger charge is 2.39. The number of ether oxygens (including phenoxy) is 3. The van der Waals surface area contributed by atoms with Gasteiger partial charge in [-0.15, -0.1) is 0 Å². The first-order valence-electron chi connectivity index (χ1n) is 13.2. The van der Waals surface area contributed by atoms with Crippen LogP contribution in [0.25, 0.3) is 0 Å². The normalized spacial score (nSPS) is 12.1. The van der Waals surface area contributed by atoms with Gasteiger partial charge in [-0.05, 0) is 72.5 Å². The molecule has 1 amide bonds. The van der Waals surface area contributed by atoms with Crippen molar-refractivity contribution in [1.29, 1.82) is 0 Å². The molecular weight excluding hydrogens is 506 g/mol. The van der Waals surface area contributed by atoms with Crippen LogP contribution in [-0.4, -0.2) is 35.7 Å². The number of carbonyl (C=O) groups excluding carboxylic acids is 1. The molecule has 0 aromatic heterocycles. The van der Waals surface area contributed by atoms with Crippen molar-refractivity contribution in [1.82, 2.24) is 5.32 Å². The van der Waals surface area contributed by atoms with Crippen LogP contribution in [-0.2, 0) is 22.4 Å². The molecule has 0 unspecified atom stereocenters. The van der Waals surface area contributed by atoms with Crippen LogP contribution in [0.1, 0.15) is 24.5 Å². The molecule has 1 atom stereocenters. The van der Waals surface area contributed by atoms with E-state index in [1.165, 1.54) is 0 Å². The van der Waals surface area contributed by atoms with Crippen LogP contribution >= 0.6 is 0 Å². The number of carbonyl (C=O) groups is 2. The fourth-order valence-electron chi connectivity index (χ4n) is 4.15. The van der Waals surface area contributed by atoms with Crippen molar-refractivity contribution in [2.24, 2.45) is 0 Å². The first-order chi connectivity index (χ1) is 19.5. The van der Waals surface area contributed by atoms with Gasteiger partial charge in [-0.25, -0.2) is 4.79 Å². The van der Waals surface area contributed by atoms with Crippen molar-refractivity contribution in [3.63, 3.8) is 0 Å². The van der Waals surface area contributed by atoms with Gasteiger partial charge in [0.1, 0.15) is 23.0 Å². The Balaban J connectivity index is 1.21. The first-order valence-corrected chi connectivity index (χ1v) is 13.2. The summed E-state index contributed by atoms with van der Waals surface area (Å²) < 4.78 is 17.4. The summed E-state index contributed by atoms with van der Waals surface area (Å²) in [6.07, 6.45) is 1.16. The number of rotatable bonds is 14. The molecule has 2 N–H and O–H groups in total. The van der Waals surface area contributed by atoms with Gasteiger partial charge in [-0.1, -0.05) is 67.6 Å². The Hall–Kier alpha value is -4.78. The van der Waals surface area contributed by atoms with Crippen molar-refractivity contribution in [3.8, 4) is 23.0 Å². The van der Waals surface area contributed by atoms with E-state index in [1.54, 1.807) is 55.5 Å². The van der Waals surface area contributed by atoms with Gasteiger partial charge < -0.3 is 24.6 Å². The molecule has 0 radical (unpaired) electrons. The second-order valence-corrected chi connectivity index (χ2v) is 9.34. The lowest BCUT2D eigenvalue weighted by molar-refractivity contribution is -0.155. The average molecular weight is 540 g/mol. The lowest BCUT2D eigenvalue weighted by Crippen LogP contribution is -2.46. The molecular formula is C33H33NO6. The van der Waals surface area contributed by atoms with Crippen molar-refractivity contribution < 1.29 is 28.9 Å². The highest BCUT2D eigenvalue weighted by atomic mass is 16.5. The van der Waals surface area contributed by atoms with Crippen LogP contribution < -0.4 is 19.5 Å². The largest absolute Gasteiger partial charge is 0.484 e. The monoisotopic (exact) mass is 539 g/mol. The number of aliphatic carboxylic acids is 1. The molecule has 0 aliphatic heterocycles. The molecule has 4 rings (SSSR count). The third kappa shape index (κ3) is 8.11. The standard InChI is InChI=1S/C33H33NO6/c1-2-33(32(36)37,40-30-11-7-4-8-12-30)23-26-15-17-27(18-16-26)38-24-31(35)34-22-21-25-13-19-29(20-14-25)39-28-9-5-3-6-10-28/h3-20H,2,21-24H2,1H3,(H,34,35)(H,36,37)/t33-/m0/s1. The van der Waals surface area contributed by atoms with Crippen molar-refractivity contribution in [3.05, 3.63) is 120 Å². The molecule has 0 saturated carbocycles. The lowest BCUT2D eigenvalue weighted by Gasteiger charge is -2.29. The molecule has 4 aromatic carbocycles. The molecule has 0 bridgehead atoms. The summed E-state index contributed by atoms with van der Waals surface area (Å²) in [6, 6.07) is 33.3. The second kappa shape index (κ2) is 13.8. The molecule has 0 heterocycles. The van der Waals surface area contributed by atoms with Crippen molar-refractivity contribution >= 4 is 11.9 Å². The number of hydrogen-bond donors (Lipinski definition) is 2. The smallest absolute Gasteiger partial charge is 0.348 e. The van der Waals surface area contributed by atoms with Crippen LogP contribution in [0.2, 0.25) is 0 Å². The van der Waals surface area contributed by atoms with Gasteiger partial charge >= 0.3 is 5.97 Å². The molecule has 40 heavy (non-hydrogen) atoms. The highest BCUT2D eigenvalue weighted by Crippen LogP contribution is 2.27. The molecule has 0 aliphatic rings. The maximum absolute atomic E-state index is 12.3. The quantitative estimate of drug-likeness (QED) is 0.202. The van der Waals surface area contributed by atoms with E-state index in [0.717, 1.165) is 22.6 Å². The van der Waals surface area contributed by atoms with Gasteiger partial charge in [0.25, 0.3) is 5.91 Å². The number of nitrogens with one attached hydrogen (secondary N) is 1. The first kappa shape index (κ1) is 28.2. The Morgan fingerprint density at radius 2 is 1.27 bits per heavy atom. The van der Waals surface area contributed by atoms with E-state index in [2.05, 4.69) is 5.32 Å². The number of carboxylic acid groups (broad SMARTS) is 1. The molecule has 7 heteroatoms. The Bertz CT molecular complexity index is 1360. The zero-order valence-corrected chi connectivity index (χ0v) is 22.4. The number of para-hydroxylation sites is 2. The molecule has 206 valence electrons. The average Bonchev–Trinajstić information content (AvgIpc) is 2.98. The summed E-state index contributed by atoms with van der Waals surface area (Å²) in [7, 11) is 0. The summed E-state index contributed by atoms with van der Waals surface area (Å²) in [5.41, 5.74) is 0.480. The minimum absolute atomic E-state index is 0.117. The van der Waals surface area contributed by atoms with E-state index in [1.807, 2.05) is 60.7 Å². The zero-order chi connectivity index (χ0) is 28.2. The summed E-state index contributed by atoms with van der Waals surface area (Å²) in [5, 5.41) is 12.8. The Kier molecular flexibility index (Phi) is 9.77.